The van der Waals surface area contributed by atoms with Gasteiger partial charge < -0.3 is 5.32 Å². The molecule has 1 aromatic heterocycles. The Kier molecular flexibility index (Phi) is 5.40. The molecule has 0 aliphatic rings. The van der Waals surface area contributed by atoms with Crippen LogP contribution in [0.25, 0.3) is 17.1 Å². The Labute approximate surface area is 155 Å². The minimum atomic E-state index is -0.0588. The van der Waals surface area contributed by atoms with E-state index in [0.717, 1.165) is 11.3 Å². The lowest BCUT2D eigenvalue weighted by Crippen LogP contribution is -2.20. The van der Waals surface area contributed by atoms with Crippen molar-refractivity contribution in [2.24, 2.45) is 0 Å². The number of aromatic nitrogens is 3. The van der Waals surface area contributed by atoms with Crippen molar-refractivity contribution >= 4 is 29.3 Å². The number of aryl methyl sites for hydroxylation is 1. The van der Waals surface area contributed by atoms with E-state index in [1.54, 1.807) is 7.05 Å². The number of benzene rings is 2. The minimum Gasteiger partial charge on any atom is -0.358 e. The van der Waals surface area contributed by atoms with Gasteiger partial charge in [-0.15, -0.1) is 10.2 Å². The maximum absolute atomic E-state index is 11.6. The number of nitrogens with zero attached hydrogens (tertiary/aromatic N) is 3. The number of carbonyl (C=O) groups excluding carboxylic acids is 1. The molecule has 7 heteroatoms. The van der Waals surface area contributed by atoms with Crippen LogP contribution in [0.4, 0.5) is 0 Å². The van der Waals surface area contributed by atoms with Crippen molar-refractivity contribution in [3.8, 4) is 17.1 Å². The Bertz CT molecular complexity index is 875. The highest BCUT2D eigenvalue weighted by Crippen LogP contribution is 2.28. The fourth-order valence-corrected chi connectivity index (χ4v) is 3.23. The highest BCUT2D eigenvalue weighted by molar-refractivity contribution is 7.99. The average Bonchev–Trinajstić information content (AvgIpc) is 3.05. The first-order chi connectivity index (χ1) is 12.1. The van der Waals surface area contributed by atoms with Gasteiger partial charge in [-0.05, 0) is 43.3 Å². The first kappa shape index (κ1) is 17.5. The number of nitrogens with one attached hydrogen (secondary N) is 1. The molecule has 25 heavy (non-hydrogen) atoms. The lowest BCUT2D eigenvalue weighted by molar-refractivity contribution is -0.118. The molecule has 0 saturated carbocycles. The van der Waals surface area contributed by atoms with Crippen LogP contribution >= 0.6 is 23.4 Å². The monoisotopic (exact) mass is 372 g/mol. The number of halogens is 1. The molecule has 0 aliphatic carbocycles. The molecule has 0 saturated heterocycles. The molecule has 2 aromatic carbocycles. The third-order valence-electron chi connectivity index (χ3n) is 3.64. The lowest BCUT2D eigenvalue weighted by Gasteiger charge is -2.10. The van der Waals surface area contributed by atoms with Gasteiger partial charge in [-0.3, -0.25) is 9.36 Å². The smallest absolute Gasteiger partial charge is 0.230 e. The molecule has 1 N–H and O–H groups in total. The summed E-state index contributed by atoms with van der Waals surface area (Å²) >= 11 is 7.34. The summed E-state index contributed by atoms with van der Waals surface area (Å²) in [5, 5.41) is 12.6. The molecule has 0 radical (unpaired) electrons. The number of amides is 1. The second kappa shape index (κ2) is 7.72. The molecule has 128 valence electrons. The molecule has 0 unspecified atom stereocenters. The molecule has 1 heterocycles. The van der Waals surface area contributed by atoms with Gasteiger partial charge in [-0.2, -0.15) is 0 Å². The standard InChI is InChI=1S/C18H17ClN4OS/c1-12-3-9-15(10-4-12)23-17(13-5-7-14(19)8-6-13)21-22-18(23)25-11-16(24)20-2/h3-10H,11H2,1-2H3,(H,20,24). The van der Waals surface area contributed by atoms with E-state index in [1.807, 2.05) is 60.0 Å². The topological polar surface area (TPSA) is 59.8 Å². The van der Waals surface area contributed by atoms with Crippen LogP contribution < -0.4 is 5.32 Å². The van der Waals surface area contributed by atoms with Gasteiger partial charge in [0.1, 0.15) is 0 Å². The van der Waals surface area contributed by atoms with E-state index < -0.39 is 0 Å². The van der Waals surface area contributed by atoms with Crippen LogP contribution in [0.5, 0.6) is 0 Å². The van der Waals surface area contributed by atoms with E-state index in [1.165, 1.54) is 17.3 Å². The van der Waals surface area contributed by atoms with E-state index in [0.29, 0.717) is 16.0 Å². The van der Waals surface area contributed by atoms with Gasteiger partial charge in [-0.1, -0.05) is 41.1 Å². The molecule has 0 bridgehead atoms. The number of carbonyl (C=O) groups is 1. The predicted octanol–water partition coefficient (Wildman–Crippen LogP) is 3.73. The molecule has 0 fully saturated rings. The molecule has 3 aromatic rings. The third-order valence-corrected chi connectivity index (χ3v) is 4.82. The number of rotatable bonds is 5. The molecular formula is C18H17ClN4OS. The van der Waals surface area contributed by atoms with Crippen LogP contribution in [0.3, 0.4) is 0 Å². The largest absolute Gasteiger partial charge is 0.358 e. The van der Waals surface area contributed by atoms with Crippen LogP contribution in [0, 0.1) is 6.92 Å². The summed E-state index contributed by atoms with van der Waals surface area (Å²) in [6.07, 6.45) is 0. The van der Waals surface area contributed by atoms with E-state index >= 15 is 0 Å². The van der Waals surface area contributed by atoms with E-state index in [-0.39, 0.29) is 11.7 Å². The maximum Gasteiger partial charge on any atom is 0.230 e. The van der Waals surface area contributed by atoms with Gasteiger partial charge in [0.15, 0.2) is 11.0 Å². The van der Waals surface area contributed by atoms with Crippen molar-refractivity contribution in [3.63, 3.8) is 0 Å². The Morgan fingerprint density at radius 2 is 1.80 bits per heavy atom. The molecule has 0 aliphatic heterocycles. The van der Waals surface area contributed by atoms with Crippen LogP contribution in [0.1, 0.15) is 5.56 Å². The summed E-state index contributed by atoms with van der Waals surface area (Å²) in [5.74, 6) is 0.928. The Hall–Kier alpha value is -2.31. The van der Waals surface area contributed by atoms with Gasteiger partial charge in [0.05, 0.1) is 5.75 Å². The van der Waals surface area contributed by atoms with Crippen LogP contribution in [-0.2, 0) is 4.79 Å². The van der Waals surface area contributed by atoms with E-state index in [4.69, 9.17) is 11.6 Å². The van der Waals surface area contributed by atoms with E-state index in [9.17, 15) is 4.79 Å². The quantitative estimate of drug-likeness (QED) is 0.693. The highest BCUT2D eigenvalue weighted by atomic mass is 35.5. The second-order valence-electron chi connectivity index (χ2n) is 5.45. The van der Waals surface area contributed by atoms with Gasteiger partial charge >= 0.3 is 0 Å². The molecule has 0 spiro atoms. The van der Waals surface area contributed by atoms with Crippen LogP contribution in [0.15, 0.2) is 53.7 Å². The summed E-state index contributed by atoms with van der Waals surface area (Å²) < 4.78 is 1.95. The molecular weight excluding hydrogens is 356 g/mol. The third kappa shape index (κ3) is 4.03. The fraction of sp³-hybridized carbons (Fsp3) is 0.167. The molecule has 5 nitrogen and oxygen atoms in total. The van der Waals surface area contributed by atoms with Crippen molar-refractivity contribution in [3.05, 3.63) is 59.1 Å². The van der Waals surface area contributed by atoms with Gasteiger partial charge in [0.25, 0.3) is 0 Å². The second-order valence-corrected chi connectivity index (χ2v) is 6.82. The first-order valence-electron chi connectivity index (χ1n) is 7.70. The van der Waals surface area contributed by atoms with Crippen molar-refractivity contribution < 1.29 is 4.79 Å². The lowest BCUT2D eigenvalue weighted by atomic mass is 10.2. The minimum absolute atomic E-state index is 0.0588. The Balaban J connectivity index is 2.05. The van der Waals surface area contributed by atoms with Crippen LogP contribution in [-0.4, -0.2) is 33.5 Å². The Morgan fingerprint density at radius 1 is 1.12 bits per heavy atom. The van der Waals surface area contributed by atoms with Gasteiger partial charge in [-0.25, -0.2) is 0 Å². The van der Waals surface area contributed by atoms with Crippen LogP contribution in [0.2, 0.25) is 5.02 Å². The SMILES string of the molecule is CNC(=O)CSc1nnc(-c2ccc(Cl)cc2)n1-c1ccc(C)cc1. The number of hydrogen-bond donors (Lipinski definition) is 1. The average molecular weight is 373 g/mol. The highest BCUT2D eigenvalue weighted by Gasteiger charge is 2.17. The van der Waals surface area contributed by atoms with E-state index in [2.05, 4.69) is 15.5 Å². The van der Waals surface area contributed by atoms with Crippen molar-refractivity contribution in [2.75, 3.05) is 12.8 Å². The molecule has 0 atom stereocenters. The van der Waals surface area contributed by atoms with Crippen molar-refractivity contribution in [2.45, 2.75) is 12.1 Å². The maximum atomic E-state index is 11.6. The molecule has 1 amide bonds. The summed E-state index contributed by atoms with van der Waals surface area (Å²) in [4.78, 5) is 11.6. The number of hydrogen-bond acceptors (Lipinski definition) is 4. The zero-order valence-corrected chi connectivity index (χ0v) is 15.4. The fourth-order valence-electron chi connectivity index (χ4n) is 2.28. The van der Waals surface area contributed by atoms with Gasteiger partial charge in [0.2, 0.25) is 5.91 Å². The predicted molar refractivity (Wildman–Crippen MR) is 101 cm³/mol. The Morgan fingerprint density at radius 3 is 2.44 bits per heavy atom. The summed E-state index contributed by atoms with van der Waals surface area (Å²) in [6.45, 7) is 2.04. The molecule has 3 rings (SSSR count). The van der Waals surface area contributed by atoms with Crippen molar-refractivity contribution in [1.82, 2.24) is 20.1 Å². The summed E-state index contributed by atoms with van der Waals surface area (Å²) in [7, 11) is 1.62. The van der Waals surface area contributed by atoms with Crippen molar-refractivity contribution in [1.29, 1.82) is 0 Å². The summed E-state index contributed by atoms with van der Waals surface area (Å²) in [5.41, 5.74) is 3.02. The normalized spacial score (nSPS) is 10.7. The zero-order chi connectivity index (χ0) is 17.8. The number of thioether (sulfide) groups is 1. The first-order valence-corrected chi connectivity index (χ1v) is 9.06. The zero-order valence-electron chi connectivity index (χ0n) is 13.9. The van der Waals surface area contributed by atoms with Gasteiger partial charge in [0, 0.05) is 23.3 Å². The summed E-state index contributed by atoms with van der Waals surface area (Å²) in [6, 6.07) is 15.6.